The summed E-state index contributed by atoms with van der Waals surface area (Å²) in [6, 6.07) is -0.840. The van der Waals surface area contributed by atoms with Crippen molar-refractivity contribution in [2.45, 2.75) is 200 Å². The van der Waals surface area contributed by atoms with Gasteiger partial charge in [-0.25, -0.2) is 4.57 Å². The molecule has 0 radical (unpaired) electrons. The Morgan fingerprint density at radius 1 is 0.720 bits per heavy atom. The molecule has 3 N–H and O–H groups in total. The fourth-order valence-electron chi connectivity index (χ4n) is 6.05. The zero-order valence-electron chi connectivity index (χ0n) is 33.8. The molecule has 1 amide bonds. The molecule has 9 heteroatoms. The topological polar surface area (TPSA) is 105 Å². The molecule has 0 saturated heterocycles. The standard InChI is InChI=1S/C41H83N2O6P/c1-7-8-9-10-11-12-13-14-15-16-17-18-22-25-28-31-34-41(45)42-39(37-49-50(46,47)48-36-35-43(4,5)6)40(44)33-30-27-24-21-19-20-23-26-29-32-38(2)3/h30,33,38-40,44H,7-29,31-32,34-37H2,1-6H3,(H-,42,45,46,47)/p+1/b33-30+/t39-,40+/m0/s1. The molecule has 0 aliphatic carbocycles. The summed E-state index contributed by atoms with van der Waals surface area (Å²) in [6.07, 6.45) is 34.2. The van der Waals surface area contributed by atoms with Crippen molar-refractivity contribution < 1.29 is 32.9 Å². The fourth-order valence-corrected chi connectivity index (χ4v) is 6.78. The predicted octanol–water partition coefficient (Wildman–Crippen LogP) is 11.0. The van der Waals surface area contributed by atoms with Crippen molar-refractivity contribution in [3.05, 3.63) is 12.2 Å². The van der Waals surface area contributed by atoms with E-state index in [4.69, 9.17) is 9.05 Å². The van der Waals surface area contributed by atoms with Crippen molar-refractivity contribution in [1.29, 1.82) is 0 Å². The van der Waals surface area contributed by atoms with E-state index < -0.39 is 20.0 Å². The van der Waals surface area contributed by atoms with Gasteiger partial charge in [0.05, 0.1) is 39.9 Å². The van der Waals surface area contributed by atoms with Crippen LogP contribution in [0.4, 0.5) is 0 Å². The molecule has 0 aliphatic heterocycles. The van der Waals surface area contributed by atoms with Gasteiger partial charge in [-0.2, -0.15) is 0 Å². The van der Waals surface area contributed by atoms with Crippen LogP contribution in [0.1, 0.15) is 188 Å². The number of aliphatic hydroxyl groups excluding tert-OH is 1. The summed E-state index contributed by atoms with van der Waals surface area (Å²) in [6.45, 7) is 7.12. The number of aliphatic hydroxyl groups is 1. The highest BCUT2D eigenvalue weighted by Crippen LogP contribution is 2.43. The number of quaternary nitrogens is 1. The summed E-state index contributed by atoms with van der Waals surface area (Å²) in [5.74, 6) is 0.614. The van der Waals surface area contributed by atoms with Crippen molar-refractivity contribution >= 4 is 13.7 Å². The van der Waals surface area contributed by atoms with Crippen LogP contribution in [0.2, 0.25) is 0 Å². The lowest BCUT2D eigenvalue weighted by Gasteiger charge is -2.25. The van der Waals surface area contributed by atoms with Crippen LogP contribution in [-0.2, 0) is 18.4 Å². The molecule has 0 aromatic rings. The van der Waals surface area contributed by atoms with Crippen LogP contribution in [0.3, 0.4) is 0 Å². The highest BCUT2D eigenvalue weighted by Gasteiger charge is 2.27. The summed E-state index contributed by atoms with van der Waals surface area (Å²) in [5, 5.41) is 13.8. The largest absolute Gasteiger partial charge is 0.472 e. The van der Waals surface area contributed by atoms with Crippen LogP contribution in [-0.4, -0.2) is 73.4 Å². The molecule has 0 fully saturated rings. The maximum atomic E-state index is 12.8. The summed E-state index contributed by atoms with van der Waals surface area (Å²) < 4.78 is 23.5. The third-order valence-corrected chi connectivity index (χ3v) is 10.4. The normalized spacial score (nSPS) is 14.7. The second-order valence-corrected chi connectivity index (χ2v) is 17.7. The van der Waals surface area contributed by atoms with Crippen molar-refractivity contribution in [3.8, 4) is 0 Å². The number of hydrogen-bond acceptors (Lipinski definition) is 5. The molecule has 298 valence electrons. The van der Waals surface area contributed by atoms with Gasteiger partial charge in [-0.3, -0.25) is 13.8 Å². The Labute approximate surface area is 310 Å². The summed E-state index contributed by atoms with van der Waals surface area (Å²) in [7, 11) is 1.58. The van der Waals surface area contributed by atoms with E-state index in [1.165, 1.54) is 122 Å². The number of carbonyl (C=O) groups is 1. The number of phosphoric ester groups is 1. The van der Waals surface area contributed by atoms with Crippen molar-refractivity contribution in [3.63, 3.8) is 0 Å². The number of phosphoric acid groups is 1. The van der Waals surface area contributed by atoms with Gasteiger partial charge in [0.15, 0.2) is 0 Å². The highest BCUT2D eigenvalue weighted by molar-refractivity contribution is 7.47. The van der Waals surface area contributed by atoms with Gasteiger partial charge in [0.2, 0.25) is 5.91 Å². The Balaban J connectivity index is 4.43. The third kappa shape index (κ3) is 35.6. The molecular formula is C41H84N2O6P+. The lowest BCUT2D eigenvalue weighted by atomic mass is 10.0. The van der Waals surface area contributed by atoms with Gasteiger partial charge in [-0.1, -0.05) is 174 Å². The smallest absolute Gasteiger partial charge is 0.387 e. The van der Waals surface area contributed by atoms with Gasteiger partial charge in [0.1, 0.15) is 13.2 Å². The van der Waals surface area contributed by atoms with E-state index in [0.717, 1.165) is 44.4 Å². The Morgan fingerprint density at radius 2 is 1.18 bits per heavy atom. The van der Waals surface area contributed by atoms with Gasteiger partial charge >= 0.3 is 7.82 Å². The van der Waals surface area contributed by atoms with Crippen molar-refractivity contribution in [1.82, 2.24) is 5.32 Å². The summed E-state index contributed by atoms with van der Waals surface area (Å²) in [5.41, 5.74) is 0. The molecule has 3 atom stereocenters. The number of rotatable bonds is 37. The summed E-state index contributed by atoms with van der Waals surface area (Å²) in [4.78, 5) is 23.0. The fraction of sp³-hybridized carbons (Fsp3) is 0.927. The zero-order chi connectivity index (χ0) is 37.4. The first-order valence-corrected chi connectivity index (χ1v) is 22.4. The van der Waals surface area contributed by atoms with E-state index in [2.05, 4.69) is 26.1 Å². The monoisotopic (exact) mass is 732 g/mol. The molecule has 0 saturated carbocycles. The van der Waals surface area contributed by atoms with Crippen LogP contribution in [0.5, 0.6) is 0 Å². The van der Waals surface area contributed by atoms with Gasteiger partial charge in [0, 0.05) is 6.42 Å². The number of likely N-dealkylation sites (N-methyl/N-ethyl adjacent to an activating group) is 1. The molecule has 50 heavy (non-hydrogen) atoms. The van der Waals surface area contributed by atoms with E-state index in [9.17, 15) is 19.4 Å². The molecule has 0 spiro atoms. The molecule has 0 bridgehead atoms. The maximum Gasteiger partial charge on any atom is 0.472 e. The van der Waals surface area contributed by atoms with Gasteiger partial charge in [-0.15, -0.1) is 0 Å². The number of carbonyl (C=O) groups excluding carboxylic acids is 1. The van der Waals surface area contributed by atoms with E-state index in [1.807, 2.05) is 27.2 Å². The Bertz CT molecular complexity index is 847. The third-order valence-electron chi connectivity index (χ3n) is 9.44. The van der Waals surface area contributed by atoms with Crippen molar-refractivity contribution in [2.24, 2.45) is 5.92 Å². The number of nitrogens with one attached hydrogen (secondary N) is 1. The molecule has 0 heterocycles. The van der Waals surface area contributed by atoms with Crippen LogP contribution in [0.15, 0.2) is 12.2 Å². The molecule has 0 aromatic heterocycles. The Kier molecular flexibility index (Phi) is 32.4. The van der Waals surface area contributed by atoms with Crippen molar-refractivity contribution in [2.75, 3.05) is 40.9 Å². The van der Waals surface area contributed by atoms with Crippen LogP contribution < -0.4 is 5.32 Å². The second-order valence-electron chi connectivity index (χ2n) is 16.2. The maximum absolute atomic E-state index is 12.8. The van der Waals surface area contributed by atoms with Gasteiger partial charge in [0.25, 0.3) is 0 Å². The van der Waals surface area contributed by atoms with Gasteiger partial charge < -0.3 is 19.8 Å². The molecule has 0 aliphatic rings. The highest BCUT2D eigenvalue weighted by atomic mass is 31.2. The van der Waals surface area contributed by atoms with Crippen LogP contribution in [0.25, 0.3) is 0 Å². The number of unbranched alkanes of at least 4 members (excludes halogenated alkanes) is 22. The molecule has 8 nitrogen and oxygen atoms in total. The number of hydrogen-bond donors (Lipinski definition) is 3. The lowest BCUT2D eigenvalue weighted by Crippen LogP contribution is -2.45. The second kappa shape index (κ2) is 32.9. The molecule has 0 rings (SSSR count). The van der Waals surface area contributed by atoms with E-state index in [-0.39, 0.29) is 19.1 Å². The number of amides is 1. The first kappa shape index (κ1) is 49.2. The van der Waals surface area contributed by atoms with E-state index >= 15 is 0 Å². The number of allylic oxidation sites excluding steroid dienone is 1. The quantitative estimate of drug-likeness (QED) is 0.0254. The zero-order valence-corrected chi connectivity index (χ0v) is 34.7. The first-order valence-electron chi connectivity index (χ1n) is 20.9. The molecule has 1 unspecified atom stereocenters. The minimum absolute atomic E-state index is 0.0635. The van der Waals surface area contributed by atoms with E-state index in [1.54, 1.807) is 6.08 Å². The SMILES string of the molecule is CCCCCCCCCCCCCCCCCCC(=O)N[C@@H](COP(=O)(O)OCC[N+](C)(C)C)[C@H](O)/C=C/CCCCCCCCCC(C)C. The summed E-state index contributed by atoms with van der Waals surface area (Å²) >= 11 is 0. The molecule has 0 aromatic carbocycles. The average molecular weight is 732 g/mol. The number of nitrogens with zero attached hydrogens (tertiary/aromatic N) is 1. The van der Waals surface area contributed by atoms with E-state index in [0.29, 0.717) is 17.4 Å². The Hall–Kier alpha value is -0.760. The van der Waals surface area contributed by atoms with Gasteiger partial charge in [-0.05, 0) is 25.2 Å². The lowest BCUT2D eigenvalue weighted by molar-refractivity contribution is -0.870. The van der Waals surface area contributed by atoms with Crippen LogP contribution in [0, 0.1) is 5.92 Å². The predicted molar refractivity (Wildman–Crippen MR) is 212 cm³/mol. The average Bonchev–Trinajstić information content (AvgIpc) is 3.04. The molecular weight excluding hydrogens is 647 g/mol. The minimum atomic E-state index is -4.33. The van der Waals surface area contributed by atoms with Crippen LogP contribution >= 0.6 is 7.82 Å². The Morgan fingerprint density at radius 3 is 1.66 bits per heavy atom. The first-order chi connectivity index (χ1) is 23.9. The minimum Gasteiger partial charge on any atom is -0.387 e.